The van der Waals surface area contributed by atoms with Crippen LogP contribution in [0.1, 0.15) is 0 Å². The van der Waals surface area contributed by atoms with Crippen LogP contribution in [0.5, 0.6) is 0 Å². The summed E-state index contributed by atoms with van der Waals surface area (Å²) in [4.78, 5) is 9.49. The maximum atomic E-state index is 6.09. The zero-order valence-corrected chi connectivity index (χ0v) is 13.2. The molecule has 0 radical (unpaired) electrons. The molecule has 4 N–H and O–H groups in total. The van der Waals surface area contributed by atoms with Crippen molar-refractivity contribution in [3.63, 3.8) is 0 Å². The number of nitrogens with one attached hydrogen (secondary N) is 2. The van der Waals surface area contributed by atoms with E-state index in [1.807, 2.05) is 29.6 Å². The summed E-state index contributed by atoms with van der Waals surface area (Å²) in [6.07, 6.45) is 0. The summed E-state index contributed by atoms with van der Waals surface area (Å²) in [6, 6.07) is 7.54. The topological polar surface area (TPSA) is 75.9 Å². The lowest BCUT2D eigenvalue weighted by atomic mass is 10.3. The quantitative estimate of drug-likeness (QED) is 0.477. The molecule has 0 spiro atoms. The maximum absolute atomic E-state index is 6.09. The Labute approximate surface area is 132 Å². The van der Waals surface area contributed by atoms with Gasteiger partial charge in [0.05, 0.1) is 20.6 Å². The molecule has 1 aromatic carbocycles. The Morgan fingerprint density at radius 3 is 2.90 bits per heavy atom. The van der Waals surface area contributed by atoms with Crippen LogP contribution < -0.4 is 16.6 Å². The highest BCUT2D eigenvalue weighted by Gasteiger charge is 2.11. The van der Waals surface area contributed by atoms with Gasteiger partial charge in [-0.1, -0.05) is 17.7 Å². The van der Waals surface area contributed by atoms with E-state index >= 15 is 0 Å². The van der Waals surface area contributed by atoms with Crippen molar-refractivity contribution in [1.82, 2.24) is 9.97 Å². The number of hydrogen-bond acceptors (Lipinski definition) is 6. The third-order valence-corrected chi connectivity index (χ3v) is 4.86. The predicted octanol–water partition coefficient (Wildman–Crippen LogP) is 4.14. The number of nitrogen functional groups attached to an aromatic ring is 1. The van der Waals surface area contributed by atoms with Crippen molar-refractivity contribution in [1.29, 1.82) is 0 Å². The number of hydrogen-bond donors (Lipinski definition) is 3. The molecular formula is C12H9BrClN5S. The van der Waals surface area contributed by atoms with Crippen molar-refractivity contribution in [2.75, 3.05) is 10.7 Å². The Balaban J connectivity index is 2.10. The predicted molar refractivity (Wildman–Crippen MR) is 87.7 cm³/mol. The second-order valence-corrected chi connectivity index (χ2v) is 6.00. The van der Waals surface area contributed by atoms with Gasteiger partial charge in [-0.25, -0.2) is 10.8 Å². The van der Waals surface area contributed by atoms with E-state index in [0.717, 1.165) is 20.4 Å². The summed E-state index contributed by atoms with van der Waals surface area (Å²) >= 11 is 11.1. The zero-order valence-electron chi connectivity index (χ0n) is 10.0. The fourth-order valence-electron chi connectivity index (χ4n) is 1.74. The highest BCUT2D eigenvalue weighted by molar-refractivity contribution is 9.10. The normalized spacial score (nSPS) is 10.8. The number of anilines is 3. The minimum absolute atomic E-state index is 0.362. The van der Waals surface area contributed by atoms with Gasteiger partial charge in [-0.3, -0.25) is 5.43 Å². The molecule has 5 nitrogen and oxygen atoms in total. The Kier molecular flexibility index (Phi) is 3.75. The molecule has 0 bridgehead atoms. The SMILES string of the molecule is NNc1nc(Nc2cccc(Cl)c2Br)c2ccsc2n1. The van der Waals surface area contributed by atoms with Crippen LogP contribution in [0.25, 0.3) is 10.2 Å². The van der Waals surface area contributed by atoms with Gasteiger partial charge in [0.1, 0.15) is 10.6 Å². The van der Waals surface area contributed by atoms with Crippen LogP contribution in [0.4, 0.5) is 17.5 Å². The van der Waals surface area contributed by atoms with E-state index < -0.39 is 0 Å². The minimum atomic E-state index is 0.362. The fraction of sp³-hybridized carbons (Fsp3) is 0. The Bertz CT molecular complexity index is 776. The second-order valence-electron chi connectivity index (χ2n) is 3.91. The molecule has 102 valence electrons. The van der Waals surface area contributed by atoms with Crippen molar-refractivity contribution in [2.24, 2.45) is 5.84 Å². The molecule has 3 rings (SSSR count). The summed E-state index contributed by atoms with van der Waals surface area (Å²) in [6.45, 7) is 0. The van der Waals surface area contributed by atoms with Gasteiger partial charge >= 0.3 is 0 Å². The van der Waals surface area contributed by atoms with E-state index in [1.165, 1.54) is 11.3 Å². The van der Waals surface area contributed by atoms with Gasteiger partial charge in [-0.2, -0.15) is 4.98 Å². The van der Waals surface area contributed by atoms with Gasteiger partial charge in [-0.15, -0.1) is 11.3 Å². The molecule has 3 aromatic rings. The molecule has 2 heterocycles. The average Bonchev–Trinajstić information content (AvgIpc) is 2.92. The molecule has 0 aliphatic carbocycles. The van der Waals surface area contributed by atoms with Crippen molar-refractivity contribution < 1.29 is 0 Å². The third-order valence-electron chi connectivity index (χ3n) is 2.66. The van der Waals surface area contributed by atoms with Gasteiger partial charge in [-0.05, 0) is 39.5 Å². The van der Waals surface area contributed by atoms with Crippen molar-refractivity contribution in [2.45, 2.75) is 0 Å². The number of fused-ring (bicyclic) bond motifs is 1. The summed E-state index contributed by atoms with van der Waals surface area (Å²) in [5, 5.41) is 6.76. The number of thiophene rings is 1. The first-order chi connectivity index (χ1) is 9.69. The first-order valence-corrected chi connectivity index (χ1v) is 7.67. The van der Waals surface area contributed by atoms with Gasteiger partial charge in [0.25, 0.3) is 0 Å². The molecule has 0 amide bonds. The Morgan fingerprint density at radius 1 is 1.25 bits per heavy atom. The highest BCUT2D eigenvalue weighted by Crippen LogP contribution is 2.34. The van der Waals surface area contributed by atoms with Crippen LogP contribution in [0.15, 0.2) is 34.1 Å². The van der Waals surface area contributed by atoms with Crippen LogP contribution in [0.2, 0.25) is 5.02 Å². The van der Waals surface area contributed by atoms with Crippen molar-refractivity contribution >= 4 is 66.5 Å². The van der Waals surface area contributed by atoms with Crippen LogP contribution >= 0.6 is 38.9 Å². The number of nitrogens with two attached hydrogens (primary N) is 1. The molecule has 20 heavy (non-hydrogen) atoms. The molecule has 0 unspecified atom stereocenters. The number of nitrogens with zero attached hydrogens (tertiary/aromatic N) is 2. The number of benzene rings is 1. The van der Waals surface area contributed by atoms with E-state index in [-0.39, 0.29) is 0 Å². The molecule has 0 aliphatic rings. The number of hydrazine groups is 1. The van der Waals surface area contributed by atoms with Crippen LogP contribution in [0, 0.1) is 0 Å². The molecule has 0 saturated heterocycles. The monoisotopic (exact) mass is 369 g/mol. The highest BCUT2D eigenvalue weighted by atomic mass is 79.9. The molecule has 0 saturated carbocycles. The molecule has 2 aromatic heterocycles. The largest absolute Gasteiger partial charge is 0.339 e. The summed E-state index contributed by atoms with van der Waals surface area (Å²) in [7, 11) is 0. The van der Waals surface area contributed by atoms with Crippen molar-refractivity contribution in [3.8, 4) is 0 Å². The Hall–Kier alpha value is -1.41. The van der Waals surface area contributed by atoms with E-state index in [9.17, 15) is 0 Å². The second kappa shape index (κ2) is 5.53. The van der Waals surface area contributed by atoms with Crippen LogP contribution in [-0.4, -0.2) is 9.97 Å². The average molecular weight is 371 g/mol. The first kappa shape index (κ1) is 13.6. The molecular weight excluding hydrogens is 362 g/mol. The Morgan fingerprint density at radius 2 is 2.10 bits per heavy atom. The lowest BCUT2D eigenvalue weighted by molar-refractivity contribution is 1.16. The van der Waals surface area contributed by atoms with Gasteiger partial charge < -0.3 is 5.32 Å². The van der Waals surface area contributed by atoms with E-state index in [4.69, 9.17) is 17.4 Å². The zero-order chi connectivity index (χ0) is 14.1. The molecule has 0 aliphatic heterocycles. The number of halogens is 2. The smallest absolute Gasteiger partial charge is 0.240 e. The standard InChI is InChI=1S/C12H9BrClN5S/c13-9-7(14)2-1-3-8(9)16-10-6-4-5-20-11(6)18-12(17-10)19-15/h1-5H,15H2,(H2,16,17,18,19). The molecule has 0 atom stereocenters. The maximum Gasteiger partial charge on any atom is 0.240 e. The number of aromatic nitrogens is 2. The summed E-state index contributed by atoms with van der Waals surface area (Å²) in [5.41, 5.74) is 3.29. The lowest BCUT2D eigenvalue weighted by Gasteiger charge is -2.10. The summed E-state index contributed by atoms with van der Waals surface area (Å²) < 4.78 is 0.783. The molecule has 0 fully saturated rings. The third kappa shape index (κ3) is 2.45. The van der Waals surface area contributed by atoms with Crippen molar-refractivity contribution in [3.05, 3.63) is 39.1 Å². The summed E-state index contributed by atoms with van der Waals surface area (Å²) in [5.74, 6) is 6.43. The lowest BCUT2D eigenvalue weighted by Crippen LogP contribution is -2.11. The van der Waals surface area contributed by atoms with Gasteiger partial charge in [0.2, 0.25) is 5.95 Å². The van der Waals surface area contributed by atoms with E-state index in [0.29, 0.717) is 16.8 Å². The molecule has 8 heteroatoms. The van der Waals surface area contributed by atoms with E-state index in [2.05, 4.69) is 36.6 Å². The van der Waals surface area contributed by atoms with Gasteiger partial charge in [0.15, 0.2) is 0 Å². The number of rotatable bonds is 3. The van der Waals surface area contributed by atoms with E-state index in [1.54, 1.807) is 0 Å². The van der Waals surface area contributed by atoms with Gasteiger partial charge in [0, 0.05) is 0 Å². The first-order valence-electron chi connectivity index (χ1n) is 5.62. The van der Waals surface area contributed by atoms with Crippen LogP contribution in [-0.2, 0) is 0 Å². The minimum Gasteiger partial charge on any atom is -0.339 e. The fourth-order valence-corrected chi connectivity index (χ4v) is 3.05. The van der Waals surface area contributed by atoms with Crippen LogP contribution in [0.3, 0.4) is 0 Å².